The van der Waals surface area contributed by atoms with Crippen molar-refractivity contribution in [2.24, 2.45) is 5.92 Å². The summed E-state index contributed by atoms with van der Waals surface area (Å²) in [6.45, 7) is 1.94. The van der Waals surface area contributed by atoms with Crippen LogP contribution in [0.5, 0.6) is 0 Å². The molecule has 1 saturated carbocycles. The van der Waals surface area contributed by atoms with Crippen LogP contribution in [-0.2, 0) is 9.84 Å². The lowest BCUT2D eigenvalue weighted by molar-refractivity contribution is 0.274. The molecule has 0 saturated heterocycles. The van der Waals surface area contributed by atoms with Crippen LogP contribution in [-0.4, -0.2) is 31.6 Å². The Morgan fingerprint density at radius 2 is 1.81 bits per heavy atom. The van der Waals surface area contributed by atoms with Crippen LogP contribution in [0, 0.1) is 12.8 Å². The van der Waals surface area contributed by atoms with Crippen molar-refractivity contribution < 1.29 is 13.5 Å². The highest BCUT2D eigenvalue weighted by atomic mass is 32.2. The second-order valence-electron chi connectivity index (χ2n) is 4.58. The number of rotatable bonds is 3. The normalized spacial score (nSPS) is 29.1. The minimum absolute atomic E-state index is 0.0272. The van der Waals surface area contributed by atoms with Gasteiger partial charge in [0.05, 0.1) is 5.25 Å². The van der Waals surface area contributed by atoms with E-state index in [0.717, 1.165) is 11.1 Å². The van der Waals surface area contributed by atoms with Gasteiger partial charge >= 0.3 is 0 Å². The first-order chi connectivity index (χ1) is 7.45. The fourth-order valence-corrected chi connectivity index (χ4v) is 4.06. The van der Waals surface area contributed by atoms with Gasteiger partial charge in [0.25, 0.3) is 0 Å². The highest BCUT2D eigenvalue weighted by Crippen LogP contribution is 2.51. The molecule has 1 aromatic carbocycles. The molecule has 2 rings (SSSR count). The molecule has 0 heterocycles. The third kappa shape index (κ3) is 1.99. The Balaban J connectivity index is 2.27. The second kappa shape index (κ2) is 3.86. The lowest BCUT2D eigenvalue weighted by Crippen LogP contribution is -2.08. The van der Waals surface area contributed by atoms with E-state index in [9.17, 15) is 8.42 Å². The number of aryl methyl sites for hydroxylation is 1. The maximum atomic E-state index is 11.5. The van der Waals surface area contributed by atoms with Gasteiger partial charge in [-0.3, -0.25) is 0 Å². The zero-order valence-electron chi connectivity index (χ0n) is 9.42. The Labute approximate surface area is 96.0 Å². The molecule has 4 heteroatoms. The summed E-state index contributed by atoms with van der Waals surface area (Å²) in [6, 6.07) is 7.85. The van der Waals surface area contributed by atoms with Crippen molar-refractivity contribution in [3.05, 3.63) is 35.4 Å². The average molecular weight is 240 g/mol. The number of hydrogen-bond donors (Lipinski definition) is 1. The summed E-state index contributed by atoms with van der Waals surface area (Å²) < 4.78 is 23.0. The van der Waals surface area contributed by atoms with Crippen molar-refractivity contribution in [3.63, 3.8) is 0 Å². The summed E-state index contributed by atoms with van der Waals surface area (Å²) in [7, 11) is -3.06. The molecule has 3 unspecified atom stereocenters. The van der Waals surface area contributed by atoms with Crippen LogP contribution in [0.2, 0.25) is 0 Å². The van der Waals surface area contributed by atoms with Crippen LogP contribution in [0.4, 0.5) is 0 Å². The van der Waals surface area contributed by atoms with Gasteiger partial charge in [0, 0.05) is 24.7 Å². The van der Waals surface area contributed by atoms with Gasteiger partial charge in [-0.2, -0.15) is 0 Å². The molecule has 1 fully saturated rings. The lowest BCUT2D eigenvalue weighted by Gasteiger charge is -2.00. The van der Waals surface area contributed by atoms with Gasteiger partial charge in [0.2, 0.25) is 0 Å². The Kier molecular flexibility index (Phi) is 2.80. The van der Waals surface area contributed by atoms with Crippen molar-refractivity contribution in [3.8, 4) is 0 Å². The summed E-state index contributed by atoms with van der Waals surface area (Å²) in [6.07, 6.45) is 1.24. The molecule has 1 aromatic rings. The first-order valence-corrected chi connectivity index (χ1v) is 7.27. The molecule has 1 aliphatic rings. The second-order valence-corrected chi connectivity index (χ2v) is 6.78. The van der Waals surface area contributed by atoms with E-state index in [4.69, 9.17) is 5.11 Å². The van der Waals surface area contributed by atoms with E-state index in [1.165, 1.54) is 6.26 Å². The van der Waals surface area contributed by atoms with E-state index in [2.05, 4.69) is 0 Å². The van der Waals surface area contributed by atoms with Crippen LogP contribution in [0.25, 0.3) is 0 Å². The van der Waals surface area contributed by atoms with Gasteiger partial charge < -0.3 is 5.11 Å². The predicted octanol–water partition coefficient (Wildman–Crippen LogP) is 1.11. The van der Waals surface area contributed by atoms with Crippen molar-refractivity contribution in [2.75, 3.05) is 12.9 Å². The average Bonchev–Trinajstić information content (AvgIpc) is 2.92. The maximum Gasteiger partial charge on any atom is 0.151 e. The first-order valence-electron chi connectivity index (χ1n) is 5.31. The van der Waals surface area contributed by atoms with E-state index >= 15 is 0 Å². The number of benzene rings is 1. The topological polar surface area (TPSA) is 54.4 Å². The van der Waals surface area contributed by atoms with Crippen molar-refractivity contribution in [1.29, 1.82) is 0 Å². The molecule has 3 nitrogen and oxygen atoms in total. The third-order valence-corrected chi connectivity index (χ3v) is 4.90. The summed E-state index contributed by atoms with van der Waals surface area (Å²) in [4.78, 5) is 0. The fourth-order valence-electron chi connectivity index (χ4n) is 2.37. The summed E-state index contributed by atoms with van der Waals surface area (Å²) in [5, 5.41) is 8.76. The van der Waals surface area contributed by atoms with Gasteiger partial charge in [-0.1, -0.05) is 29.8 Å². The zero-order chi connectivity index (χ0) is 11.9. The quantitative estimate of drug-likeness (QED) is 0.861. The van der Waals surface area contributed by atoms with Crippen molar-refractivity contribution in [2.45, 2.75) is 18.1 Å². The lowest BCUT2D eigenvalue weighted by atomic mass is 10.1. The van der Waals surface area contributed by atoms with Gasteiger partial charge in [-0.05, 0) is 12.5 Å². The van der Waals surface area contributed by atoms with Crippen molar-refractivity contribution in [1.82, 2.24) is 0 Å². The largest absolute Gasteiger partial charge is 0.396 e. The van der Waals surface area contributed by atoms with Crippen molar-refractivity contribution >= 4 is 9.84 Å². The fraction of sp³-hybridized carbons (Fsp3) is 0.500. The molecule has 88 valence electrons. The highest BCUT2D eigenvalue weighted by molar-refractivity contribution is 7.91. The van der Waals surface area contributed by atoms with Crippen LogP contribution in [0.3, 0.4) is 0 Å². The van der Waals surface area contributed by atoms with Crippen LogP contribution in [0.1, 0.15) is 17.0 Å². The molecule has 3 atom stereocenters. The molecular weight excluding hydrogens is 224 g/mol. The van der Waals surface area contributed by atoms with Crippen LogP contribution < -0.4 is 0 Å². The number of sulfone groups is 1. The Bertz CT molecular complexity index is 475. The molecule has 1 N–H and O–H groups in total. The van der Waals surface area contributed by atoms with E-state index in [-0.39, 0.29) is 18.4 Å². The van der Waals surface area contributed by atoms with E-state index in [1.807, 2.05) is 31.2 Å². The minimum atomic E-state index is -3.06. The number of aliphatic hydroxyl groups is 1. The molecule has 0 radical (unpaired) electrons. The predicted molar refractivity (Wildman–Crippen MR) is 63.1 cm³/mol. The van der Waals surface area contributed by atoms with Gasteiger partial charge in [0.15, 0.2) is 9.84 Å². The molecule has 0 bridgehead atoms. The molecular formula is C12H16O3S. The molecule has 16 heavy (non-hydrogen) atoms. The molecule has 0 amide bonds. The molecule has 0 spiro atoms. The van der Waals surface area contributed by atoms with E-state index in [1.54, 1.807) is 0 Å². The summed E-state index contributed by atoms with van der Waals surface area (Å²) in [5.74, 6) is -0.154. The Morgan fingerprint density at radius 3 is 2.19 bits per heavy atom. The first kappa shape index (κ1) is 11.6. The summed E-state index contributed by atoms with van der Waals surface area (Å²) in [5.41, 5.74) is 2.17. The van der Waals surface area contributed by atoms with E-state index in [0.29, 0.717) is 0 Å². The van der Waals surface area contributed by atoms with Crippen LogP contribution in [0.15, 0.2) is 24.3 Å². The Hall–Kier alpha value is -0.870. The summed E-state index contributed by atoms with van der Waals surface area (Å²) >= 11 is 0. The smallest absolute Gasteiger partial charge is 0.151 e. The highest BCUT2D eigenvalue weighted by Gasteiger charge is 2.56. The van der Waals surface area contributed by atoms with Gasteiger partial charge in [-0.15, -0.1) is 0 Å². The maximum absolute atomic E-state index is 11.5. The minimum Gasteiger partial charge on any atom is -0.396 e. The standard InChI is InChI=1S/C12H16O3S/c1-8-3-5-9(6-4-8)11-10(7-13)12(11)16(2,14)15/h3-6,10-13H,7H2,1-2H3. The number of aliphatic hydroxyl groups excluding tert-OH is 1. The number of hydrogen-bond acceptors (Lipinski definition) is 3. The van der Waals surface area contributed by atoms with E-state index < -0.39 is 15.1 Å². The van der Waals surface area contributed by atoms with Crippen LogP contribution >= 0.6 is 0 Å². The molecule has 0 aromatic heterocycles. The third-order valence-electron chi connectivity index (χ3n) is 3.26. The Morgan fingerprint density at radius 1 is 1.25 bits per heavy atom. The zero-order valence-corrected chi connectivity index (χ0v) is 10.2. The molecule has 1 aliphatic carbocycles. The van der Waals surface area contributed by atoms with Gasteiger partial charge in [-0.25, -0.2) is 8.42 Å². The van der Waals surface area contributed by atoms with Gasteiger partial charge in [0.1, 0.15) is 0 Å². The molecule has 0 aliphatic heterocycles. The monoisotopic (exact) mass is 240 g/mol. The SMILES string of the molecule is Cc1ccc(C2C(CO)C2S(C)(=O)=O)cc1.